The van der Waals surface area contributed by atoms with Gasteiger partial charge in [0.15, 0.2) is 11.5 Å². The third kappa shape index (κ3) is 3.61. The summed E-state index contributed by atoms with van der Waals surface area (Å²) in [5.74, 6) is -2.07. The molecule has 0 fully saturated rings. The Morgan fingerprint density at radius 1 is 1.16 bits per heavy atom. The van der Waals surface area contributed by atoms with Crippen molar-refractivity contribution in [1.82, 2.24) is 0 Å². The number of benzene rings is 2. The number of ketones is 1. The number of phenolic OH excluding ortho intramolecular Hbond substituents is 1. The molecule has 0 saturated carbocycles. The standard InChI is InChI=1S/C25H26O6/c1-13(14(2)26)21(28)20-22(29)16-10-11-25(3,4)31-23(16)19-17(12-18(27)30-24(19)20)15-8-6-5-7-9-15/h5-11,13-14,17,26,29H,12H2,1-4H3/t13-,14+,17?/m1/s1. The molecule has 2 aromatic carbocycles. The second-order valence-electron chi connectivity index (χ2n) is 8.78. The topological polar surface area (TPSA) is 93.1 Å². The summed E-state index contributed by atoms with van der Waals surface area (Å²) in [5, 5.41) is 21.1. The molecule has 31 heavy (non-hydrogen) atoms. The molecule has 162 valence electrons. The minimum atomic E-state index is -0.937. The van der Waals surface area contributed by atoms with Crippen LogP contribution >= 0.6 is 0 Å². The molecule has 1 unspecified atom stereocenters. The lowest BCUT2D eigenvalue weighted by Crippen LogP contribution is -2.32. The Morgan fingerprint density at radius 2 is 1.84 bits per heavy atom. The van der Waals surface area contributed by atoms with Crippen LogP contribution < -0.4 is 9.47 Å². The molecular weight excluding hydrogens is 396 g/mol. The van der Waals surface area contributed by atoms with Gasteiger partial charge in [0.05, 0.1) is 18.1 Å². The molecule has 6 heteroatoms. The summed E-state index contributed by atoms with van der Waals surface area (Å²) in [6.45, 7) is 6.86. The average Bonchev–Trinajstić information content (AvgIpc) is 2.72. The van der Waals surface area contributed by atoms with Gasteiger partial charge in [-0.3, -0.25) is 9.59 Å². The van der Waals surface area contributed by atoms with Gasteiger partial charge in [-0.25, -0.2) is 0 Å². The summed E-state index contributed by atoms with van der Waals surface area (Å²) in [6, 6.07) is 9.48. The minimum absolute atomic E-state index is 0.0185. The van der Waals surface area contributed by atoms with Crippen LogP contribution in [0.3, 0.4) is 0 Å². The van der Waals surface area contributed by atoms with Gasteiger partial charge in [-0.05, 0) is 38.5 Å². The maximum atomic E-state index is 13.3. The van der Waals surface area contributed by atoms with Gasteiger partial charge < -0.3 is 19.7 Å². The first-order chi connectivity index (χ1) is 14.6. The quantitative estimate of drug-likeness (QED) is 0.435. The third-order valence-corrected chi connectivity index (χ3v) is 5.99. The predicted octanol–water partition coefficient (Wildman–Crippen LogP) is 4.22. The monoisotopic (exact) mass is 422 g/mol. The van der Waals surface area contributed by atoms with Crippen LogP contribution in [-0.4, -0.2) is 33.7 Å². The number of rotatable bonds is 4. The molecule has 2 aliphatic heterocycles. The van der Waals surface area contributed by atoms with Gasteiger partial charge >= 0.3 is 5.97 Å². The molecule has 0 aromatic heterocycles. The second kappa shape index (κ2) is 7.54. The SMILES string of the molecule is C[C@H](O)[C@@H](C)C(=O)c1c(O)c2c(c3c1OC(=O)CC3c1ccccc1)OC(C)(C)C=C2. The molecule has 0 aliphatic carbocycles. The summed E-state index contributed by atoms with van der Waals surface area (Å²) >= 11 is 0. The van der Waals surface area contributed by atoms with Gasteiger partial charge in [-0.2, -0.15) is 0 Å². The normalized spacial score (nSPS) is 20.7. The molecule has 3 atom stereocenters. The summed E-state index contributed by atoms with van der Waals surface area (Å²) in [6.07, 6.45) is 2.69. The molecule has 0 bridgehead atoms. The van der Waals surface area contributed by atoms with Crippen molar-refractivity contribution in [2.45, 2.75) is 51.7 Å². The van der Waals surface area contributed by atoms with Crippen LogP contribution in [0.25, 0.3) is 6.08 Å². The van der Waals surface area contributed by atoms with Crippen LogP contribution in [0.15, 0.2) is 36.4 Å². The number of aromatic hydroxyl groups is 1. The van der Waals surface area contributed by atoms with E-state index in [1.54, 1.807) is 19.1 Å². The Bertz CT molecular complexity index is 1080. The highest BCUT2D eigenvalue weighted by Crippen LogP contribution is 2.54. The summed E-state index contributed by atoms with van der Waals surface area (Å²) in [7, 11) is 0. The van der Waals surface area contributed by atoms with Crippen molar-refractivity contribution in [1.29, 1.82) is 0 Å². The number of fused-ring (bicyclic) bond motifs is 3. The molecular formula is C25H26O6. The fraction of sp³-hybridized carbons (Fsp3) is 0.360. The van der Waals surface area contributed by atoms with Gasteiger partial charge in [0, 0.05) is 17.4 Å². The Kier molecular flexibility index (Phi) is 5.13. The highest BCUT2D eigenvalue weighted by molar-refractivity contribution is 6.06. The Hall–Kier alpha value is -3.12. The highest BCUT2D eigenvalue weighted by atomic mass is 16.5. The van der Waals surface area contributed by atoms with Crippen molar-refractivity contribution in [2.24, 2.45) is 5.92 Å². The minimum Gasteiger partial charge on any atom is -0.506 e. The zero-order valence-corrected chi connectivity index (χ0v) is 18.0. The number of aliphatic hydroxyl groups is 1. The van der Waals surface area contributed by atoms with Crippen LogP contribution in [-0.2, 0) is 4.79 Å². The number of phenols is 1. The van der Waals surface area contributed by atoms with E-state index in [1.807, 2.05) is 44.2 Å². The molecule has 2 aromatic rings. The molecule has 6 nitrogen and oxygen atoms in total. The van der Waals surface area contributed by atoms with E-state index < -0.39 is 35.3 Å². The molecule has 0 saturated heterocycles. The van der Waals surface area contributed by atoms with Crippen molar-refractivity contribution in [3.63, 3.8) is 0 Å². The summed E-state index contributed by atoms with van der Waals surface area (Å²) < 4.78 is 11.8. The van der Waals surface area contributed by atoms with E-state index in [4.69, 9.17) is 9.47 Å². The van der Waals surface area contributed by atoms with Gasteiger partial charge in [0.1, 0.15) is 22.7 Å². The Labute approximate surface area is 181 Å². The molecule has 2 heterocycles. The fourth-order valence-corrected chi connectivity index (χ4v) is 4.07. The number of ether oxygens (including phenoxy) is 2. The van der Waals surface area contributed by atoms with E-state index in [1.165, 1.54) is 6.92 Å². The Balaban J connectivity index is 2.05. The number of carbonyl (C=O) groups excluding carboxylic acids is 2. The van der Waals surface area contributed by atoms with Crippen LogP contribution in [0.5, 0.6) is 17.2 Å². The lowest BCUT2D eigenvalue weighted by molar-refractivity contribution is -0.135. The molecule has 4 rings (SSSR count). The zero-order valence-electron chi connectivity index (χ0n) is 18.0. The zero-order chi connectivity index (χ0) is 22.5. The van der Waals surface area contributed by atoms with E-state index in [0.717, 1.165) is 5.56 Å². The van der Waals surface area contributed by atoms with Crippen LogP contribution in [0.2, 0.25) is 0 Å². The number of Topliss-reactive ketones (excluding diaryl/α,β-unsaturated/α-hetero) is 1. The molecule has 2 N–H and O–H groups in total. The average molecular weight is 422 g/mol. The van der Waals surface area contributed by atoms with Gasteiger partial charge in [-0.1, -0.05) is 37.3 Å². The first-order valence-electron chi connectivity index (χ1n) is 10.4. The van der Waals surface area contributed by atoms with Crippen LogP contribution in [0.4, 0.5) is 0 Å². The number of carbonyl (C=O) groups is 2. The van der Waals surface area contributed by atoms with E-state index in [-0.39, 0.29) is 23.5 Å². The van der Waals surface area contributed by atoms with Crippen LogP contribution in [0, 0.1) is 5.92 Å². The van der Waals surface area contributed by atoms with Crippen molar-refractivity contribution in [3.8, 4) is 17.2 Å². The summed E-state index contributed by atoms with van der Waals surface area (Å²) in [4.78, 5) is 25.8. The largest absolute Gasteiger partial charge is 0.506 e. The van der Waals surface area contributed by atoms with Gasteiger partial charge in [-0.15, -0.1) is 0 Å². The second-order valence-corrected chi connectivity index (χ2v) is 8.78. The number of esters is 1. The number of hydrogen-bond acceptors (Lipinski definition) is 6. The maximum Gasteiger partial charge on any atom is 0.312 e. The van der Waals surface area contributed by atoms with Gasteiger partial charge in [0.2, 0.25) is 0 Å². The first kappa shape index (κ1) is 21.1. The Morgan fingerprint density at radius 3 is 2.48 bits per heavy atom. The third-order valence-electron chi connectivity index (χ3n) is 5.99. The van der Waals surface area contributed by atoms with E-state index in [2.05, 4.69) is 0 Å². The maximum absolute atomic E-state index is 13.3. The number of aliphatic hydroxyl groups excluding tert-OH is 1. The predicted molar refractivity (Wildman–Crippen MR) is 116 cm³/mol. The summed E-state index contributed by atoms with van der Waals surface area (Å²) in [5.41, 5.74) is 1.08. The molecule has 0 amide bonds. The first-order valence-corrected chi connectivity index (χ1v) is 10.4. The molecule has 2 aliphatic rings. The molecule has 0 radical (unpaired) electrons. The van der Waals surface area contributed by atoms with Crippen molar-refractivity contribution >= 4 is 17.8 Å². The lowest BCUT2D eigenvalue weighted by Gasteiger charge is -2.35. The number of hydrogen-bond donors (Lipinski definition) is 2. The van der Waals surface area contributed by atoms with E-state index >= 15 is 0 Å². The van der Waals surface area contributed by atoms with Crippen molar-refractivity contribution in [3.05, 3.63) is 58.7 Å². The van der Waals surface area contributed by atoms with E-state index in [0.29, 0.717) is 16.9 Å². The lowest BCUT2D eigenvalue weighted by atomic mass is 9.80. The van der Waals surface area contributed by atoms with Gasteiger partial charge in [0.25, 0.3) is 0 Å². The smallest absolute Gasteiger partial charge is 0.312 e. The van der Waals surface area contributed by atoms with Crippen molar-refractivity contribution < 1.29 is 29.3 Å². The van der Waals surface area contributed by atoms with E-state index in [9.17, 15) is 19.8 Å². The van der Waals surface area contributed by atoms with Crippen molar-refractivity contribution in [2.75, 3.05) is 0 Å². The molecule has 0 spiro atoms. The highest BCUT2D eigenvalue weighted by Gasteiger charge is 2.41. The van der Waals surface area contributed by atoms with Crippen LogP contribution in [0.1, 0.15) is 67.1 Å². The fourth-order valence-electron chi connectivity index (χ4n) is 4.07.